The fraction of sp³-hybridized carbons (Fsp3) is 0.675. The maximum absolute atomic E-state index is 14.6. The number of hydrogen-bond acceptors (Lipinski definition) is 5. The molecule has 3 aliphatic rings. The summed E-state index contributed by atoms with van der Waals surface area (Å²) in [6.45, 7) is 22.8. The Balaban J connectivity index is 1.32. The molecule has 1 amide bonds. The standard InChI is InChI=1S/C40H62BNO5Si/c1-28-25-32(21-24-36(28)44-9)30-17-15-29(16-18-30)27-42(34-14-12-13-33(26-34)41-46-39(5,6)40(7,8)47-41)37(43)31-19-22-35(23-20-31)45-48(10,11)38(2,3)4/h12-14,21,24-26,29-31,35H,15-20,22-23,27H2,1-11H3/t29-,30-,31-,35-. The number of amides is 1. The third-order valence-corrected chi connectivity index (χ3v) is 17.0. The van der Waals surface area contributed by atoms with Gasteiger partial charge >= 0.3 is 7.12 Å². The van der Waals surface area contributed by atoms with E-state index in [0.717, 1.165) is 74.8 Å². The third-order valence-electron chi connectivity index (χ3n) is 12.4. The van der Waals surface area contributed by atoms with E-state index < -0.39 is 26.6 Å². The average molecular weight is 676 g/mol. The highest BCUT2D eigenvalue weighted by molar-refractivity contribution is 6.74. The zero-order valence-electron chi connectivity index (χ0n) is 31.8. The monoisotopic (exact) mass is 675 g/mol. The molecule has 1 heterocycles. The molecule has 0 spiro atoms. The largest absolute Gasteiger partial charge is 0.496 e. The highest BCUT2D eigenvalue weighted by Crippen LogP contribution is 2.42. The molecule has 5 rings (SSSR count). The van der Waals surface area contributed by atoms with E-state index in [9.17, 15) is 4.79 Å². The van der Waals surface area contributed by atoms with Crippen LogP contribution in [-0.2, 0) is 18.5 Å². The van der Waals surface area contributed by atoms with Crippen LogP contribution in [0.1, 0.15) is 117 Å². The van der Waals surface area contributed by atoms with Crippen LogP contribution in [-0.4, -0.2) is 52.3 Å². The average Bonchev–Trinajstić information content (AvgIpc) is 3.25. The minimum Gasteiger partial charge on any atom is -0.496 e. The highest BCUT2D eigenvalue weighted by atomic mass is 28.4. The van der Waals surface area contributed by atoms with Crippen molar-refractivity contribution in [2.45, 2.75) is 148 Å². The van der Waals surface area contributed by atoms with Crippen LogP contribution >= 0.6 is 0 Å². The lowest BCUT2D eigenvalue weighted by molar-refractivity contribution is -0.124. The van der Waals surface area contributed by atoms with E-state index in [-0.39, 0.29) is 23.0 Å². The molecule has 0 radical (unpaired) electrons. The predicted octanol–water partition coefficient (Wildman–Crippen LogP) is 9.19. The van der Waals surface area contributed by atoms with Crippen LogP contribution < -0.4 is 15.1 Å². The van der Waals surface area contributed by atoms with Gasteiger partial charge in [-0.1, -0.05) is 45.0 Å². The van der Waals surface area contributed by atoms with E-state index in [1.807, 2.05) is 0 Å². The van der Waals surface area contributed by atoms with Crippen molar-refractivity contribution in [3.8, 4) is 5.75 Å². The van der Waals surface area contributed by atoms with Crippen LogP contribution in [0.5, 0.6) is 5.75 Å². The van der Waals surface area contributed by atoms with Crippen LogP contribution in [0.3, 0.4) is 0 Å². The summed E-state index contributed by atoms with van der Waals surface area (Å²) in [6.07, 6.45) is 8.45. The summed E-state index contributed by atoms with van der Waals surface area (Å²) >= 11 is 0. The Bertz CT molecular complexity index is 1400. The number of carbonyl (C=O) groups is 1. The van der Waals surface area contributed by atoms with Gasteiger partial charge in [-0.2, -0.15) is 0 Å². The lowest BCUT2D eigenvalue weighted by Gasteiger charge is -2.41. The molecule has 0 unspecified atom stereocenters. The minimum atomic E-state index is -1.85. The molecule has 0 bridgehead atoms. The molecular formula is C40H62BNO5Si. The van der Waals surface area contributed by atoms with Crippen molar-refractivity contribution in [1.82, 2.24) is 0 Å². The number of aryl methyl sites for hydroxylation is 1. The van der Waals surface area contributed by atoms with Crippen LogP contribution in [0.15, 0.2) is 42.5 Å². The van der Waals surface area contributed by atoms with E-state index in [1.54, 1.807) is 7.11 Å². The van der Waals surface area contributed by atoms with Crippen LogP contribution in [0.4, 0.5) is 5.69 Å². The summed E-state index contributed by atoms with van der Waals surface area (Å²) in [5.41, 5.74) is 3.69. The van der Waals surface area contributed by atoms with Crippen molar-refractivity contribution in [3.05, 3.63) is 53.6 Å². The Hall–Kier alpha value is -2.13. The molecule has 2 aliphatic carbocycles. The smallest absolute Gasteiger partial charge is 0.494 e. The van der Waals surface area contributed by atoms with Gasteiger partial charge in [0.15, 0.2) is 8.32 Å². The van der Waals surface area contributed by atoms with Crippen LogP contribution in [0, 0.1) is 18.8 Å². The van der Waals surface area contributed by atoms with Crippen molar-refractivity contribution in [1.29, 1.82) is 0 Å². The Kier molecular flexibility index (Phi) is 11.0. The molecule has 2 aromatic rings. The Morgan fingerprint density at radius 3 is 2.10 bits per heavy atom. The quantitative estimate of drug-likeness (QED) is 0.248. The molecule has 0 atom stereocenters. The zero-order chi connectivity index (χ0) is 35.1. The maximum Gasteiger partial charge on any atom is 0.494 e. The molecule has 1 aliphatic heterocycles. The summed E-state index contributed by atoms with van der Waals surface area (Å²) in [4.78, 5) is 16.7. The van der Waals surface area contributed by atoms with Gasteiger partial charge < -0.3 is 23.4 Å². The second-order valence-corrected chi connectivity index (χ2v) is 22.2. The summed E-state index contributed by atoms with van der Waals surface area (Å²) in [5, 5.41) is 0.184. The van der Waals surface area contributed by atoms with Crippen molar-refractivity contribution in [2.24, 2.45) is 11.8 Å². The van der Waals surface area contributed by atoms with Crippen LogP contribution in [0.2, 0.25) is 18.1 Å². The Morgan fingerprint density at radius 2 is 1.54 bits per heavy atom. The predicted molar refractivity (Wildman–Crippen MR) is 201 cm³/mol. The lowest BCUT2D eigenvalue weighted by Crippen LogP contribution is -2.46. The van der Waals surface area contributed by atoms with Crippen LogP contribution in [0.25, 0.3) is 0 Å². The summed E-state index contributed by atoms with van der Waals surface area (Å²) in [6, 6.07) is 15.0. The molecule has 1 saturated heterocycles. The second-order valence-electron chi connectivity index (χ2n) is 17.4. The number of benzene rings is 2. The van der Waals surface area contributed by atoms with Crippen molar-refractivity contribution >= 4 is 32.5 Å². The highest BCUT2D eigenvalue weighted by Gasteiger charge is 2.52. The molecule has 264 valence electrons. The topological polar surface area (TPSA) is 57.2 Å². The zero-order valence-corrected chi connectivity index (χ0v) is 32.8. The Labute approximate surface area is 292 Å². The van der Waals surface area contributed by atoms with E-state index in [4.69, 9.17) is 18.5 Å². The molecule has 2 saturated carbocycles. The fourth-order valence-corrected chi connectivity index (χ4v) is 8.90. The van der Waals surface area contributed by atoms with Crippen molar-refractivity contribution < 1.29 is 23.3 Å². The van der Waals surface area contributed by atoms with Gasteiger partial charge in [-0.15, -0.1) is 0 Å². The minimum absolute atomic E-state index is 0.0170. The van der Waals surface area contributed by atoms with Gasteiger partial charge in [0.1, 0.15) is 5.75 Å². The van der Waals surface area contributed by atoms with E-state index >= 15 is 0 Å². The van der Waals surface area contributed by atoms with E-state index in [1.165, 1.54) is 11.1 Å². The van der Waals surface area contributed by atoms with Gasteiger partial charge in [-0.25, -0.2) is 0 Å². The number of hydrogen-bond donors (Lipinski definition) is 0. The molecule has 3 fully saturated rings. The van der Waals surface area contributed by atoms with Gasteiger partial charge in [0, 0.05) is 24.3 Å². The molecule has 6 nitrogen and oxygen atoms in total. The number of methoxy groups -OCH3 is 1. The van der Waals surface area contributed by atoms with Crippen molar-refractivity contribution in [3.63, 3.8) is 0 Å². The SMILES string of the molecule is COc1ccc([C@H]2CC[C@H](CN(c3cccc(B4OC(C)(C)C(C)(C)O4)c3)C(=O)[C@H]3CC[C@H](O[Si](C)(C)C(C)(C)C)CC3)CC2)cc1C. The molecular weight excluding hydrogens is 613 g/mol. The first kappa shape index (κ1) is 37.1. The van der Waals surface area contributed by atoms with E-state index in [2.05, 4.69) is 116 Å². The first-order valence-corrected chi connectivity index (χ1v) is 21.4. The first-order chi connectivity index (χ1) is 22.4. The lowest BCUT2D eigenvalue weighted by atomic mass is 9.77. The molecule has 0 N–H and O–H groups in total. The molecule has 48 heavy (non-hydrogen) atoms. The molecule has 8 heteroatoms. The fourth-order valence-electron chi connectivity index (χ4n) is 7.47. The number of anilines is 1. The first-order valence-electron chi connectivity index (χ1n) is 18.5. The van der Waals surface area contributed by atoms with E-state index in [0.29, 0.717) is 11.8 Å². The number of ether oxygens (including phenoxy) is 1. The van der Waals surface area contributed by atoms with Gasteiger partial charge in [0.05, 0.1) is 18.3 Å². The number of rotatable bonds is 9. The third kappa shape index (κ3) is 8.08. The second kappa shape index (κ2) is 14.2. The normalized spacial score (nSPS) is 25.9. The summed E-state index contributed by atoms with van der Waals surface area (Å²) in [7, 11) is -0.573. The van der Waals surface area contributed by atoms with Gasteiger partial charge in [-0.3, -0.25) is 4.79 Å². The van der Waals surface area contributed by atoms with Crippen molar-refractivity contribution in [2.75, 3.05) is 18.6 Å². The summed E-state index contributed by atoms with van der Waals surface area (Å²) < 4.78 is 25.1. The van der Waals surface area contributed by atoms with Gasteiger partial charge in [-0.05, 0) is 151 Å². The molecule has 0 aromatic heterocycles. The van der Waals surface area contributed by atoms with Gasteiger partial charge in [0.2, 0.25) is 5.91 Å². The number of nitrogens with zero attached hydrogens (tertiary/aromatic N) is 1. The van der Waals surface area contributed by atoms with Gasteiger partial charge in [0.25, 0.3) is 0 Å². The molecule has 2 aromatic carbocycles. The maximum atomic E-state index is 14.6. The summed E-state index contributed by atoms with van der Waals surface area (Å²) in [5.74, 6) is 2.24. The number of carbonyl (C=O) groups excluding carboxylic acids is 1. The Morgan fingerprint density at radius 1 is 0.917 bits per heavy atom.